The van der Waals surface area contributed by atoms with Crippen molar-refractivity contribution in [1.29, 1.82) is 0 Å². The largest absolute Gasteiger partial charge is 0.486 e. The van der Waals surface area contributed by atoms with E-state index in [2.05, 4.69) is 10.6 Å². The van der Waals surface area contributed by atoms with Crippen molar-refractivity contribution in [3.05, 3.63) is 18.2 Å². The Morgan fingerprint density at radius 3 is 2.83 bits per heavy atom. The van der Waals surface area contributed by atoms with E-state index in [4.69, 9.17) is 9.47 Å². The van der Waals surface area contributed by atoms with Gasteiger partial charge in [0.2, 0.25) is 5.91 Å². The average Bonchev–Trinajstić information content (AvgIpc) is 2.43. The van der Waals surface area contributed by atoms with Gasteiger partial charge in [-0.15, -0.1) is 0 Å². The molecule has 0 fully saturated rings. The Morgan fingerprint density at radius 2 is 2.06 bits per heavy atom. The highest BCUT2D eigenvalue weighted by Crippen LogP contribution is 2.32. The SMILES string of the molecule is CNC(=O)CCCNc1ccc2c(c1)OCCO2. The Balaban J connectivity index is 1.81. The lowest BCUT2D eigenvalue weighted by atomic mass is 10.2. The molecular formula is C13H18N2O3. The molecule has 0 atom stereocenters. The molecule has 98 valence electrons. The monoisotopic (exact) mass is 250 g/mol. The van der Waals surface area contributed by atoms with E-state index in [1.54, 1.807) is 7.05 Å². The third-order valence-corrected chi connectivity index (χ3v) is 2.73. The van der Waals surface area contributed by atoms with Crippen LogP contribution in [-0.4, -0.2) is 32.7 Å². The van der Waals surface area contributed by atoms with E-state index in [1.165, 1.54) is 0 Å². The van der Waals surface area contributed by atoms with E-state index >= 15 is 0 Å². The maximum atomic E-state index is 11.0. The van der Waals surface area contributed by atoms with Crippen LogP contribution in [0.15, 0.2) is 18.2 Å². The van der Waals surface area contributed by atoms with Gasteiger partial charge < -0.3 is 20.1 Å². The Kier molecular flexibility index (Phi) is 4.28. The number of rotatable bonds is 5. The second-order valence-electron chi connectivity index (χ2n) is 4.06. The molecule has 1 heterocycles. The molecule has 1 aromatic rings. The van der Waals surface area contributed by atoms with Gasteiger partial charge in [0.25, 0.3) is 0 Å². The number of hydrogen-bond donors (Lipinski definition) is 2. The first-order chi connectivity index (χ1) is 8.79. The van der Waals surface area contributed by atoms with Crippen LogP contribution in [0.5, 0.6) is 11.5 Å². The van der Waals surface area contributed by atoms with Gasteiger partial charge in [-0.05, 0) is 18.6 Å². The number of carbonyl (C=O) groups excluding carboxylic acids is 1. The number of anilines is 1. The molecule has 1 aliphatic heterocycles. The van der Waals surface area contributed by atoms with E-state index in [9.17, 15) is 4.79 Å². The van der Waals surface area contributed by atoms with Crippen LogP contribution < -0.4 is 20.1 Å². The number of hydrogen-bond acceptors (Lipinski definition) is 4. The third-order valence-electron chi connectivity index (χ3n) is 2.73. The summed E-state index contributed by atoms with van der Waals surface area (Å²) in [5.41, 5.74) is 0.983. The predicted molar refractivity (Wildman–Crippen MR) is 69.2 cm³/mol. The highest BCUT2D eigenvalue weighted by Gasteiger charge is 2.11. The van der Waals surface area contributed by atoms with E-state index < -0.39 is 0 Å². The lowest BCUT2D eigenvalue weighted by Crippen LogP contribution is -2.18. The van der Waals surface area contributed by atoms with E-state index in [0.29, 0.717) is 19.6 Å². The summed E-state index contributed by atoms with van der Waals surface area (Å²) >= 11 is 0. The molecule has 0 radical (unpaired) electrons. The first-order valence-electron chi connectivity index (χ1n) is 6.13. The number of carbonyl (C=O) groups is 1. The standard InChI is InChI=1S/C13H18N2O3/c1-14-13(16)3-2-6-15-10-4-5-11-12(9-10)18-8-7-17-11/h4-5,9,15H,2-3,6-8H2,1H3,(H,14,16). The summed E-state index contributed by atoms with van der Waals surface area (Å²) < 4.78 is 10.9. The molecule has 1 aromatic carbocycles. The van der Waals surface area contributed by atoms with Crippen molar-refractivity contribution in [2.24, 2.45) is 0 Å². The highest BCUT2D eigenvalue weighted by molar-refractivity contribution is 5.75. The lowest BCUT2D eigenvalue weighted by Gasteiger charge is -2.19. The summed E-state index contributed by atoms with van der Waals surface area (Å²) in [4.78, 5) is 11.0. The van der Waals surface area contributed by atoms with Gasteiger partial charge in [-0.25, -0.2) is 0 Å². The first-order valence-corrected chi connectivity index (χ1v) is 6.13. The molecule has 0 spiro atoms. The molecule has 0 bridgehead atoms. The van der Waals surface area contributed by atoms with Crippen molar-refractivity contribution in [3.8, 4) is 11.5 Å². The van der Waals surface area contributed by atoms with E-state index in [0.717, 1.165) is 30.2 Å². The fourth-order valence-electron chi connectivity index (χ4n) is 1.76. The maximum Gasteiger partial charge on any atom is 0.219 e. The van der Waals surface area contributed by atoms with Crippen LogP contribution in [0.3, 0.4) is 0 Å². The van der Waals surface area contributed by atoms with Gasteiger partial charge in [-0.3, -0.25) is 4.79 Å². The van der Waals surface area contributed by atoms with Crippen LogP contribution in [0.25, 0.3) is 0 Å². The van der Waals surface area contributed by atoms with Gasteiger partial charge in [-0.1, -0.05) is 0 Å². The molecule has 0 saturated heterocycles. The third kappa shape index (κ3) is 3.29. The minimum absolute atomic E-state index is 0.0685. The molecule has 2 N–H and O–H groups in total. The molecule has 1 aliphatic rings. The van der Waals surface area contributed by atoms with Crippen molar-refractivity contribution in [3.63, 3.8) is 0 Å². The number of fused-ring (bicyclic) bond motifs is 1. The van der Waals surface area contributed by atoms with Crippen LogP contribution in [0.4, 0.5) is 5.69 Å². The maximum absolute atomic E-state index is 11.0. The Morgan fingerprint density at radius 1 is 1.28 bits per heavy atom. The van der Waals surface area contributed by atoms with Crippen molar-refractivity contribution in [2.45, 2.75) is 12.8 Å². The second-order valence-corrected chi connectivity index (χ2v) is 4.06. The summed E-state index contributed by atoms with van der Waals surface area (Å²) in [5.74, 6) is 1.63. The van der Waals surface area contributed by atoms with Crippen molar-refractivity contribution < 1.29 is 14.3 Å². The summed E-state index contributed by atoms with van der Waals surface area (Å²) in [6.07, 6.45) is 1.34. The Labute approximate surface area is 106 Å². The molecule has 2 rings (SSSR count). The minimum Gasteiger partial charge on any atom is -0.486 e. The zero-order valence-electron chi connectivity index (χ0n) is 10.5. The van der Waals surface area contributed by atoms with Crippen LogP contribution in [0, 0.1) is 0 Å². The van der Waals surface area contributed by atoms with Gasteiger partial charge in [0.15, 0.2) is 11.5 Å². The van der Waals surface area contributed by atoms with Crippen molar-refractivity contribution >= 4 is 11.6 Å². The van der Waals surface area contributed by atoms with Gasteiger partial charge in [0, 0.05) is 31.8 Å². The highest BCUT2D eigenvalue weighted by atomic mass is 16.6. The molecular weight excluding hydrogens is 232 g/mol. The van der Waals surface area contributed by atoms with Crippen molar-refractivity contribution in [2.75, 3.05) is 32.1 Å². The molecule has 18 heavy (non-hydrogen) atoms. The number of ether oxygens (including phenoxy) is 2. The van der Waals surface area contributed by atoms with Crippen molar-refractivity contribution in [1.82, 2.24) is 5.32 Å². The molecule has 0 saturated carbocycles. The summed E-state index contributed by atoms with van der Waals surface area (Å²) in [6, 6.07) is 5.78. The summed E-state index contributed by atoms with van der Waals surface area (Å²) in [7, 11) is 1.65. The molecule has 0 aliphatic carbocycles. The minimum atomic E-state index is 0.0685. The smallest absolute Gasteiger partial charge is 0.219 e. The quantitative estimate of drug-likeness (QED) is 0.775. The number of amides is 1. The van der Waals surface area contributed by atoms with Gasteiger partial charge >= 0.3 is 0 Å². The average molecular weight is 250 g/mol. The molecule has 1 amide bonds. The molecule has 5 nitrogen and oxygen atoms in total. The lowest BCUT2D eigenvalue weighted by molar-refractivity contribution is -0.120. The normalized spacial score (nSPS) is 12.9. The molecule has 0 unspecified atom stereocenters. The Bertz CT molecular complexity index is 421. The van der Waals surface area contributed by atoms with Crippen LogP contribution in [-0.2, 0) is 4.79 Å². The number of nitrogens with one attached hydrogen (secondary N) is 2. The predicted octanol–water partition coefficient (Wildman–Crippen LogP) is 1.40. The van der Waals surface area contributed by atoms with Crippen LogP contribution in [0.2, 0.25) is 0 Å². The topological polar surface area (TPSA) is 59.6 Å². The summed E-state index contributed by atoms with van der Waals surface area (Å²) in [5, 5.41) is 5.86. The van der Waals surface area contributed by atoms with Gasteiger partial charge in [0.05, 0.1) is 0 Å². The van der Waals surface area contributed by atoms with Gasteiger partial charge in [-0.2, -0.15) is 0 Å². The van der Waals surface area contributed by atoms with Gasteiger partial charge in [0.1, 0.15) is 13.2 Å². The fourth-order valence-corrected chi connectivity index (χ4v) is 1.76. The van der Waals surface area contributed by atoms with Crippen LogP contribution >= 0.6 is 0 Å². The second kappa shape index (κ2) is 6.14. The first kappa shape index (κ1) is 12.5. The zero-order valence-corrected chi connectivity index (χ0v) is 10.5. The molecule has 5 heteroatoms. The fraction of sp³-hybridized carbons (Fsp3) is 0.462. The number of benzene rings is 1. The van der Waals surface area contributed by atoms with E-state index in [1.807, 2.05) is 18.2 Å². The van der Waals surface area contributed by atoms with E-state index in [-0.39, 0.29) is 5.91 Å². The van der Waals surface area contributed by atoms with Crippen LogP contribution in [0.1, 0.15) is 12.8 Å². The zero-order chi connectivity index (χ0) is 12.8. The summed E-state index contributed by atoms with van der Waals surface area (Å²) in [6.45, 7) is 1.95. The molecule has 0 aromatic heterocycles. The Hall–Kier alpha value is -1.91.